The number of hydrogen-bond donors (Lipinski definition) is 3. The molecule has 2 amide bonds. The van der Waals surface area contributed by atoms with Crippen molar-refractivity contribution in [3.05, 3.63) is 70.8 Å². The molecule has 0 saturated heterocycles. The molecule has 2 rings (SSSR count). The summed E-state index contributed by atoms with van der Waals surface area (Å²) in [5.41, 5.74) is 3.18. The number of aryl methyl sites for hydroxylation is 2. The van der Waals surface area contributed by atoms with E-state index >= 15 is 0 Å². The predicted octanol–water partition coefficient (Wildman–Crippen LogP) is 4.83. The van der Waals surface area contributed by atoms with Crippen LogP contribution in [0.1, 0.15) is 63.8 Å². The molecule has 0 aromatic heterocycles. The van der Waals surface area contributed by atoms with E-state index in [1.54, 1.807) is 41.5 Å². The lowest BCUT2D eigenvalue weighted by Gasteiger charge is -2.23. The van der Waals surface area contributed by atoms with Crippen LogP contribution in [0, 0.1) is 13.8 Å². The number of carbonyl (C=O) groups is 2. The Balaban J connectivity index is 0.000000428. The Labute approximate surface area is 251 Å². The molecule has 0 aliphatic heterocycles. The second kappa shape index (κ2) is 16.5. The Morgan fingerprint density at radius 2 is 1.10 bits per heavy atom. The Bertz CT molecular complexity index is 1220. The quantitative estimate of drug-likeness (QED) is 0.326. The van der Waals surface area contributed by atoms with Crippen molar-refractivity contribution < 1.29 is 36.8 Å². The molecule has 11 heteroatoms. The average Bonchev–Trinajstić information content (AvgIpc) is 2.82. The summed E-state index contributed by atoms with van der Waals surface area (Å²) in [4.78, 5) is 23.5. The third-order valence-corrected chi connectivity index (χ3v) is 5.92. The number of aliphatic hydroxyl groups is 1. The fraction of sp³-hybridized carbons (Fsp3) is 0.548. The van der Waals surface area contributed by atoms with Gasteiger partial charge in [0.15, 0.2) is 0 Å². The van der Waals surface area contributed by atoms with Crippen molar-refractivity contribution in [3.8, 4) is 0 Å². The summed E-state index contributed by atoms with van der Waals surface area (Å²) in [6.07, 6.45) is 0.888. The minimum absolute atomic E-state index is 0.118. The molecule has 3 N–H and O–H groups in total. The van der Waals surface area contributed by atoms with Crippen LogP contribution in [0.2, 0.25) is 0 Å². The number of carbonyl (C=O) groups excluding carboxylic acids is 2. The summed E-state index contributed by atoms with van der Waals surface area (Å²) >= 11 is 0. The van der Waals surface area contributed by atoms with E-state index in [-0.39, 0.29) is 19.3 Å². The van der Waals surface area contributed by atoms with Crippen LogP contribution < -0.4 is 10.6 Å². The first-order valence-corrected chi connectivity index (χ1v) is 15.6. The first-order valence-electron chi connectivity index (χ1n) is 13.8. The zero-order valence-corrected chi connectivity index (χ0v) is 27.1. The van der Waals surface area contributed by atoms with E-state index in [1.165, 1.54) is 5.56 Å². The molecular formula is C31H48N2O8S. The topological polar surface area (TPSA) is 140 Å². The summed E-state index contributed by atoms with van der Waals surface area (Å²) in [6.45, 7) is 14.4. The maximum Gasteiger partial charge on any atom is 0.407 e. The van der Waals surface area contributed by atoms with Crippen molar-refractivity contribution in [1.82, 2.24) is 10.6 Å². The second-order valence-corrected chi connectivity index (χ2v) is 13.9. The van der Waals surface area contributed by atoms with Crippen molar-refractivity contribution in [2.75, 3.05) is 19.5 Å². The molecule has 0 saturated carbocycles. The smallest absolute Gasteiger partial charge is 0.407 e. The van der Waals surface area contributed by atoms with E-state index in [0.29, 0.717) is 12.8 Å². The van der Waals surface area contributed by atoms with Crippen LogP contribution in [0.15, 0.2) is 48.5 Å². The van der Waals surface area contributed by atoms with Gasteiger partial charge in [0.05, 0.1) is 31.6 Å². The first kappa shape index (κ1) is 36.9. The molecule has 0 spiro atoms. The average molecular weight is 609 g/mol. The highest BCUT2D eigenvalue weighted by Gasteiger charge is 2.22. The molecule has 2 atom stereocenters. The van der Waals surface area contributed by atoms with Gasteiger partial charge in [-0.15, -0.1) is 0 Å². The molecule has 2 aromatic rings. The monoisotopic (exact) mass is 608 g/mol. The van der Waals surface area contributed by atoms with Gasteiger partial charge in [0.2, 0.25) is 0 Å². The molecule has 0 fully saturated rings. The summed E-state index contributed by atoms with van der Waals surface area (Å²) in [5.74, 6) is 0. The molecule has 0 unspecified atom stereocenters. The summed E-state index contributed by atoms with van der Waals surface area (Å²) in [6, 6.07) is 14.9. The number of rotatable bonds is 10. The third-order valence-electron chi connectivity index (χ3n) is 5.35. The van der Waals surface area contributed by atoms with Crippen LogP contribution in [0.5, 0.6) is 0 Å². The van der Waals surface area contributed by atoms with E-state index < -0.39 is 39.5 Å². The van der Waals surface area contributed by atoms with Gasteiger partial charge < -0.3 is 25.2 Å². The van der Waals surface area contributed by atoms with Crippen LogP contribution in [-0.2, 0) is 36.6 Å². The molecule has 0 radical (unpaired) electrons. The van der Waals surface area contributed by atoms with Crippen LogP contribution >= 0.6 is 0 Å². The molecule has 2 aromatic carbocycles. The number of hydrogen-bond acceptors (Lipinski definition) is 8. The highest BCUT2D eigenvalue weighted by atomic mass is 32.2. The number of nitrogens with one attached hydrogen (secondary N) is 2. The van der Waals surface area contributed by atoms with Crippen molar-refractivity contribution in [3.63, 3.8) is 0 Å². The number of benzene rings is 2. The molecule has 10 nitrogen and oxygen atoms in total. The lowest BCUT2D eigenvalue weighted by atomic mass is 10.1. The standard InChI is InChI=1S/C16H25NO5S.C15H23NO3/c1-12-6-8-13(9-7-12)10-14(11-21-23(5,19)20)17-15(18)22-16(2,3)4;1-11-5-7-12(8-6-11)9-13(10-17)16-14(18)19-15(2,3)4/h6-9,14H,10-11H2,1-5H3,(H,17,18);5-8,13,17H,9-10H2,1-4H3,(H,16,18)/t14-;13-/m00/s1. The van der Waals surface area contributed by atoms with E-state index in [1.807, 2.05) is 62.4 Å². The highest BCUT2D eigenvalue weighted by molar-refractivity contribution is 7.85. The molecule has 0 heterocycles. The second-order valence-electron chi connectivity index (χ2n) is 12.2. The van der Waals surface area contributed by atoms with E-state index in [4.69, 9.17) is 13.7 Å². The molecule has 236 valence electrons. The maximum absolute atomic E-state index is 11.9. The molecule has 42 heavy (non-hydrogen) atoms. The zero-order valence-electron chi connectivity index (χ0n) is 26.3. The van der Waals surface area contributed by atoms with Gasteiger partial charge in [0, 0.05) is 0 Å². The van der Waals surface area contributed by atoms with Gasteiger partial charge in [0.1, 0.15) is 11.2 Å². The predicted molar refractivity (Wildman–Crippen MR) is 164 cm³/mol. The Hall–Kier alpha value is -3.15. The molecule has 0 aliphatic rings. The minimum Gasteiger partial charge on any atom is -0.444 e. The maximum atomic E-state index is 11.9. The van der Waals surface area contributed by atoms with Gasteiger partial charge in [-0.2, -0.15) is 8.42 Å². The summed E-state index contributed by atoms with van der Waals surface area (Å²) in [5, 5.41) is 14.7. The molecule has 0 aliphatic carbocycles. The van der Waals surface area contributed by atoms with Crippen LogP contribution in [-0.4, -0.2) is 68.5 Å². The van der Waals surface area contributed by atoms with Gasteiger partial charge in [-0.3, -0.25) is 4.18 Å². The SMILES string of the molecule is Cc1ccc(C[C@@H](CO)NC(=O)OC(C)(C)C)cc1.Cc1ccc(C[C@@H](COS(C)(=O)=O)NC(=O)OC(C)(C)C)cc1. The minimum atomic E-state index is -3.58. The van der Waals surface area contributed by atoms with Crippen molar-refractivity contribution in [1.29, 1.82) is 0 Å². The van der Waals surface area contributed by atoms with Gasteiger partial charge in [0.25, 0.3) is 10.1 Å². The van der Waals surface area contributed by atoms with E-state index in [0.717, 1.165) is 22.9 Å². The zero-order chi connectivity index (χ0) is 32.1. The normalized spacial score (nSPS) is 13.2. The lowest BCUT2D eigenvalue weighted by Crippen LogP contribution is -2.43. The van der Waals surface area contributed by atoms with Gasteiger partial charge >= 0.3 is 12.2 Å². The molecular weight excluding hydrogens is 560 g/mol. The number of aliphatic hydroxyl groups excluding tert-OH is 1. The highest BCUT2D eigenvalue weighted by Crippen LogP contribution is 2.11. The van der Waals surface area contributed by atoms with Gasteiger partial charge in [-0.25, -0.2) is 9.59 Å². The van der Waals surface area contributed by atoms with Gasteiger partial charge in [-0.1, -0.05) is 59.7 Å². The van der Waals surface area contributed by atoms with Crippen LogP contribution in [0.4, 0.5) is 9.59 Å². The third kappa shape index (κ3) is 18.3. The Kier molecular flexibility index (Phi) is 14.5. The Morgan fingerprint density at radius 1 is 0.738 bits per heavy atom. The van der Waals surface area contributed by atoms with Crippen LogP contribution in [0.3, 0.4) is 0 Å². The fourth-order valence-corrected chi connectivity index (χ4v) is 3.90. The van der Waals surface area contributed by atoms with Gasteiger partial charge in [-0.05, 0) is 79.4 Å². The first-order chi connectivity index (χ1) is 19.2. The Morgan fingerprint density at radius 3 is 1.43 bits per heavy atom. The largest absolute Gasteiger partial charge is 0.444 e. The van der Waals surface area contributed by atoms with Crippen molar-refractivity contribution in [2.24, 2.45) is 0 Å². The molecule has 0 bridgehead atoms. The number of amides is 2. The summed E-state index contributed by atoms with van der Waals surface area (Å²) in [7, 11) is -3.58. The summed E-state index contributed by atoms with van der Waals surface area (Å²) < 4.78 is 37.6. The van der Waals surface area contributed by atoms with E-state index in [9.17, 15) is 23.1 Å². The fourth-order valence-electron chi connectivity index (χ4n) is 3.48. The van der Waals surface area contributed by atoms with Crippen molar-refractivity contribution >= 4 is 22.3 Å². The lowest BCUT2D eigenvalue weighted by molar-refractivity contribution is 0.0474. The van der Waals surface area contributed by atoms with Crippen LogP contribution in [0.25, 0.3) is 0 Å². The number of alkyl carbamates (subject to hydrolysis) is 2. The van der Waals surface area contributed by atoms with E-state index in [2.05, 4.69) is 10.6 Å². The van der Waals surface area contributed by atoms with Crippen molar-refractivity contribution in [2.45, 2.75) is 91.5 Å². The number of ether oxygens (including phenoxy) is 2.